The summed E-state index contributed by atoms with van der Waals surface area (Å²) in [5, 5.41) is 0. The van der Waals surface area contributed by atoms with Crippen molar-refractivity contribution in [3.63, 3.8) is 0 Å². The summed E-state index contributed by atoms with van der Waals surface area (Å²) in [6.45, 7) is 5.61. The smallest absolute Gasteiger partial charge is 0.341 e. The van der Waals surface area contributed by atoms with E-state index < -0.39 is 0 Å². The second-order valence-corrected chi connectivity index (χ2v) is 7.71. The molecule has 23 heavy (non-hydrogen) atoms. The standard InChI is InChI=1S/C18H25N3O2/c1-11-7-12(2)21(18(23)19-11)10-17(22)20-8-15-13-3-4-14(6-5-13)16(15)9-20/h7,13-16H,3-6,8-10H2,1-2H3/t13?,14?,15-,16+. The number of rotatable bonds is 2. The van der Waals surface area contributed by atoms with Gasteiger partial charge in [0, 0.05) is 24.5 Å². The van der Waals surface area contributed by atoms with Crippen molar-refractivity contribution in [2.45, 2.75) is 46.1 Å². The first-order valence-corrected chi connectivity index (χ1v) is 8.86. The van der Waals surface area contributed by atoms with E-state index in [0.29, 0.717) is 17.5 Å². The second kappa shape index (κ2) is 5.46. The van der Waals surface area contributed by atoms with Gasteiger partial charge in [-0.3, -0.25) is 9.36 Å². The SMILES string of the molecule is Cc1cc(C)n(CC(=O)N2C[C@@H]3C4CCC(CC4)[C@@H]3C2)c(=O)n1. The van der Waals surface area contributed by atoms with Crippen molar-refractivity contribution in [1.29, 1.82) is 0 Å². The molecule has 2 heterocycles. The lowest BCUT2D eigenvalue weighted by Gasteiger charge is -2.44. The molecule has 0 aromatic carbocycles. The Balaban J connectivity index is 1.50. The third-order valence-corrected chi connectivity index (χ3v) is 6.43. The average Bonchev–Trinajstić information content (AvgIpc) is 2.99. The molecule has 0 unspecified atom stereocenters. The molecule has 1 aromatic heterocycles. The molecule has 1 amide bonds. The van der Waals surface area contributed by atoms with Crippen LogP contribution >= 0.6 is 0 Å². The lowest BCUT2D eigenvalue weighted by atomic mass is 9.60. The lowest BCUT2D eigenvalue weighted by molar-refractivity contribution is -0.131. The molecule has 1 aliphatic heterocycles. The van der Waals surface area contributed by atoms with Gasteiger partial charge in [0.25, 0.3) is 0 Å². The van der Waals surface area contributed by atoms with Crippen LogP contribution in [0.3, 0.4) is 0 Å². The van der Waals surface area contributed by atoms with Gasteiger partial charge in [-0.25, -0.2) is 4.79 Å². The van der Waals surface area contributed by atoms with Crippen LogP contribution in [-0.4, -0.2) is 33.4 Å². The van der Waals surface area contributed by atoms with Gasteiger partial charge in [-0.1, -0.05) is 0 Å². The Bertz CT molecular complexity index is 668. The van der Waals surface area contributed by atoms with Crippen LogP contribution < -0.4 is 5.69 Å². The summed E-state index contributed by atoms with van der Waals surface area (Å²) in [4.78, 5) is 30.7. The zero-order valence-corrected chi connectivity index (χ0v) is 14.0. The van der Waals surface area contributed by atoms with Crippen LogP contribution in [0.25, 0.3) is 0 Å². The predicted molar refractivity (Wildman–Crippen MR) is 87.0 cm³/mol. The first-order chi connectivity index (χ1) is 11.0. The molecule has 1 aromatic rings. The Morgan fingerprint density at radius 2 is 1.70 bits per heavy atom. The minimum absolute atomic E-state index is 0.0784. The number of likely N-dealkylation sites (tertiary alicyclic amines) is 1. The van der Waals surface area contributed by atoms with Crippen molar-refractivity contribution < 1.29 is 4.79 Å². The van der Waals surface area contributed by atoms with Gasteiger partial charge < -0.3 is 4.90 Å². The van der Waals surface area contributed by atoms with Gasteiger partial charge in [0.05, 0.1) is 0 Å². The van der Waals surface area contributed by atoms with E-state index in [1.807, 2.05) is 24.8 Å². The topological polar surface area (TPSA) is 55.2 Å². The molecule has 2 atom stereocenters. The van der Waals surface area contributed by atoms with Crippen LogP contribution in [0.1, 0.15) is 37.1 Å². The summed E-state index contributed by atoms with van der Waals surface area (Å²) in [6, 6.07) is 1.86. The molecule has 0 radical (unpaired) electrons. The van der Waals surface area contributed by atoms with E-state index in [-0.39, 0.29) is 18.1 Å². The minimum atomic E-state index is -0.312. The third kappa shape index (κ3) is 2.50. The van der Waals surface area contributed by atoms with Crippen molar-refractivity contribution >= 4 is 5.91 Å². The number of hydrogen-bond acceptors (Lipinski definition) is 3. The number of nitrogens with zero attached hydrogens (tertiary/aromatic N) is 3. The van der Waals surface area contributed by atoms with Gasteiger partial charge in [0.2, 0.25) is 5.91 Å². The Morgan fingerprint density at radius 3 is 2.22 bits per heavy atom. The van der Waals surface area contributed by atoms with Crippen molar-refractivity contribution in [2.24, 2.45) is 23.7 Å². The molecular formula is C18H25N3O2. The van der Waals surface area contributed by atoms with Crippen molar-refractivity contribution in [1.82, 2.24) is 14.5 Å². The fraction of sp³-hybridized carbons (Fsp3) is 0.722. The zero-order valence-electron chi connectivity index (χ0n) is 14.0. The van der Waals surface area contributed by atoms with Gasteiger partial charge in [-0.15, -0.1) is 0 Å². The van der Waals surface area contributed by atoms with E-state index in [9.17, 15) is 9.59 Å². The predicted octanol–water partition coefficient (Wildman–Crippen LogP) is 1.75. The number of carbonyl (C=O) groups excluding carboxylic acids is 1. The molecular weight excluding hydrogens is 290 g/mol. The van der Waals surface area contributed by atoms with E-state index >= 15 is 0 Å². The van der Waals surface area contributed by atoms with Crippen molar-refractivity contribution in [3.05, 3.63) is 27.9 Å². The first-order valence-electron chi connectivity index (χ1n) is 8.86. The largest absolute Gasteiger partial charge is 0.348 e. The average molecular weight is 315 g/mol. The van der Waals surface area contributed by atoms with E-state index in [1.54, 1.807) is 0 Å². The molecule has 5 heteroatoms. The van der Waals surface area contributed by atoms with Gasteiger partial charge >= 0.3 is 5.69 Å². The Hall–Kier alpha value is -1.65. The Morgan fingerprint density at radius 1 is 1.13 bits per heavy atom. The van der Waals surface area contributed by atoms with Crippen LogP contribution in [0.2, 0.25) is 0 Å². The maximum absolute atomic E-state index is 12.7. The van der Waals surface area contributed by atoms with Gasteiger partial charge in [0.1, 0.15) is 6.54 Å². The van der Waals surface area contributed by atoms with Crippen LogP contribution in [0.5, 0.6) is 0 Å². The molecule has 3 saturated carbocycles. The molecule has 1 saturated heterocycles. The summed E-state index contributed by atoms with van der Waals surface area (Å²) in [6.07, 6.45) is 5.42. The normalized spacial score (nSPS) is 32.2. The molecule has 5 nitrogen and oxygen atoms in total. The Labute approximate surface area is 136 Å². The summed E-state index contributed by atoms with van der Waals surface area (Å²) in [5.74, 6) is 3.15. The van der Waals surface area contributed by atoms with Crippen LogP contribution in [0, 0.1) is 37.5 Å². The quantitative estimate of drug-likeness (QED) is 0.835. The number of carbonyl (C=O) groups is 1. The molecule has 0 spiro atoms. The maximum Gasteiger partial charge on any atom is 0.348 e. The second-order valence-electron chi connectivity index (χ2n) is 7.71. The number of hydrogen-bond donors (Lipinski definition) is 0. The lowest BCUT2D eigenvalue weighted by Crippen LogP contribution is -2.38. The number of aryl methyl sites for hydroxylation is 2. The fourth-order valence-corrected chi connectivity index (χ4v) is 5.26. The van der Waals surface area contributed by atoms with Crippen molar-refractivity contribution in [3.8, 4) is 0 Å². The number of amides is 1. The van der Waals surface area contributed by atoms with Crippen LogP contribution in [0.4, 0.5) is 0 Å². The highest BCUT2D eigenvalue weighted by molar-refractivity contribution is 5.76. The highest BCUT2D eigenvalue weighted by Gasteiger charge is 2.48. The van der Waals surface area contributed by atoms with Crippen LogP contribution in [-0.2, 0) is 11.3 Å². The van der Waals surface area contributed by atoms with E-state index in [0.717, 1.165) is 30.6 Å². The molecule has 5 rings (SSSR count). The monoisotopic (exact) mass is 315 g/mol. The molecule has 4 fully saturated rings. The zero-order chi connectivity index (χ0) is 16.1. The van der Waals surface area contributed by atoms with Gasteiger partial charge in [-0.2, -0.15) is 4.98 Å². The highest BCUT2D eigenvalue weighted by Crippen LogP contribution is 2.51. The number of fused-ring (bicyclic) bond motifs is 2. The highest BCUT2D eigenvalue weighted by atomic mass is 16.2. The molecule has 3 aliphatic carbocycles. The number of aromatic nitrogens is 2. The molecule has 0 N–H and O–H groups in total. The van der Waals surface area contributed by atoms with Crippen molar-refractivity contribution in [2.75, 3.05) is 13.1 Å². The summed E-state index contributed by atoms with van der Waals surface area (Å²) >= 11 is 0. The summed E-state index contributed by atoms with van der Waals surface area (Å²) in [5.41, 5.74) is 1.21. The van der Waals surface area contributed by atoms with E-state index in [2.05, 4.69) is 4.98 Å². The Kier molecular flexibility index (Phi) is 3.54. The molecule has 124 valence electrons. The minimum Gasteiger partial charge on any atom is -0.341 e. The third-order valence-electron chi connectivity index (χ3n) is 6.43. The fourth-order valence-electron chi connectivity index (χ4n) is 5.26. The van der Waals surface area contributed by atoms with Crippen LogP contribution in [0.15, 0.2) is 10.9 Å². The van der Waals surface area contributed by atoms with Gasteiger partial charge in [-0.05, 0) is 69.3 Å². The van der Waals surface area contributed by atoms with E-state index in [4.69, 9.17) is 0 Å². The summed E-state index contributed by atoms with van der Waals surface area (Å²) < 4.78 is 1.51. The summed E-state index contributed by atoms with van der Waals surface area (Å²) in [7, 11) is 0. The molecule has 2 bridgehead atoms. The van der Waals surface area contributed by atoms with Gasteiger partial charge in [0.15, 0.2) is 0 Å². The first kappa shape index (κ1) is 14.9. The maximum atomic E-state index is 12.7. The van der Waals surface area contributed by atoms with E-state index in [1.165, 1.54) is 30.3 Å². The molecule has 4 aliphatic rings.